The SMILES string of the molecule is C=C(Oc1ccccc1)C(C)(C)CCS(=O)CCCS(=O)CCC(C)(C)C(=O)Oc1ccccc1. The molecule has 0 saturated carbocycles. The van der Waals surface area contributed by atoms with Crippen molar-refractivity contribution in [2.45, 2.75) is 47.0 Å². The Kier molecular flexibility index (Phi) is 11.4. The van der Waals surface area contributed by atoms with Gasteiger partial charge in [0, 0.05) is 50.0 Å². The minimum Gasteiger partial charge on any atom is -0.462 e. The molecule has 0 radical (unpaired) electrons. The lowest BCUT2D eigenvalue weighted by atomic mass is 9.88. The third-order valence-electron chi connectivity index (χ3n) is 5.90. The van der Waals surface area contributed by atoms with Crippen molar-refractivity contribution in [3.63, 3.8) is 0 Å². The van der Waals surface area contributed by atoms with Crippen LogP contribution in [0.5, 0.6) is 11.5 Å². The largest absolute Gasteiger partial charge is 0.462 e. The van der Waals surface area contributed by atoms with Crippen LogP contribution in [0.25, 0.3) is 0 Å². The molecule has 35 heavy (non-hydrogen) atoms. The van der Waals surface area contributed by atoms with E-state index in [1.807, 2.05) is 76.2 Å². The smallest absolute Gasteiger partial charge is 0.316 e. The van der Waals surface area contributed by atoms with Crippen LogP contribution in [0.2, 0.25) is 0 Å². The number of ether oxygens (including phenoxy) is 2. The molecule has 0 saturated heterocycles. The van der Waals surface area contributed by atoms with E-state index in [2.05, 4.69) is 6.58 Å². The molecule has 2 unspecified atom stereocenters. The van der Waals surface area contributed by atoms with E-state index in [1.54, 1.807) is 12.1 Å². The quantitative estimate of drug-likeness (QED) is 0.167. The Morgan fingerprint density at radius 3 is 1.63 bits per heavy atom. The number of carbonyl (C=O) groups is 1. The number of para-hydroxylation sites is 2. The summed E-state index contributed by atoms with van der Waals surface area (Å²) in [7, 11) is -2.08. The van der Waals surface area contributed by atoms with Gasteiger partial charge in [-0.25, -0.2) is 0 Å². The highest BCUT2D eigenvalue weighted by Gasteiger charge is 2.30. The molecule has 0 aliphatic heterocycles. The summed E-state index contributed by atoms with van der Waals surface area (Å²) in [6.45, 7) is 11.8. The fourth-order valence-corrected chi connectivity index (χ4v) is 6.07. The first kappa shape index (κ1) is 29.0. The van der Waals surface area contributed by atoms with Crippen LogP contribution in [0.3, 0.4) is 0 Å². The van der Waals surface area contributed by atoms with E-state index in [0.29, 0.717) is 53.8 Å². The monoisotopic (exact) mass is 518 g/mol. The molecule has 0 aliphatic rings. The lowest BCUT2D eigenvalue weighted by Crippen LogP contribution is -2.30. The Morgan fingerprint density at radius 2 is 1.14 bits per heavy atom. The number of allylic oxidation sites excluding steroid dienone is 1. The summed E-state index contributed by atoms with van der Waals surface area (Å²) in [5.41, 5.74) is -1.04. The minimum absolute atomic E-state index is 0.311. The molecule has 7 heteroatoms. The predicted molar refractivity (Wildman–Crippen MR) is 145 cm³/mol. The number of rotatable bonds is 15. The van der Waals surface area contributed by atoms with E-state index in [-0.39, 0.29) is 11.4 Å². The fraction of sp³-hybridized carbons (Fsp3) is 0.464. The highest BCUT2D eigenvalue weighted by Crippen LogP contribution is 2.31. The van der Waals surface area contributed by atoms with Crippen LogP contribution in [0.15, 0.2) is 73.0 Å². The number of hydrogen-bond donors (Lipinski definition) is 0. The minimum atomic E-state index is -1.07. The predicted octanol–water partition coefficient (Wildman–Crippen LogP) is 5.90. The second-order valence-electron chi connectivity index (χ2n) is 9.86. The maximum Gasteiger partial charge on any atom is 0.316 e. The van der Waals surface area contributed by atoms with Crippen LogP contribution in [0.1, 0.15) is 47.0 Å². The normalized spacial score (nSPS) is 13.6. The molecule has 2 rings (SSSR count). The summed E-state index contributed by atoms with van der Waals surface area (Å²) in [5.74, 6) is 3.49. The standard InChI is InChI=1S/C28H38O5S2/c1-23(32-24-13-8-6-9-14-24)27(2,3)17-21-34(30)19-12-20-35(31)22-18-28(4,5)26(29)33-25-15-10-7-11-16-25/h6-11,13-16H,1,12,17-22H2,2-5H3. The number of hydrogen-bond acceptors (Lipinski definition) is 5. The molecule has 2 aromatic carbocycles. The molecule has 2 atom stereocenters. The zero-order valence-corrected chi connectivity index (χ0v) is 22.9. The summed E-state index contributed by atoms with van der Waals surface area (Å²) < 4.78 is 36.3. The van der Waals surface area contributed by atoms with Crippen molar-refractivity contribution in [3.05, 3.63) is 73.0 Å². The zero-order chi connectivity index (χ0) is 25.9. The third kappa shape index (κ3) is 10.5. The van der Waals surface area contributed by atoms with E-state index >= 15 is 0 Å². The Labute approximate surface area is 215 Å². The van der Waals surface area contributed by atoms with Gasteiger partial charge in [0.05, 0.1) is 5.41 Å². The number of esters is 1. The van der Waals surface area contributed by atoms with Crippen LogP contribution < -0.4 is 9.47 Å². The first-order chi connectivity index (χ1) is 16.5. The summed E-state index contributed by atoms with van der Waals surface area (Å²) in [4.78, 5) is 12.5. The van der Waals surface area contributed by atoms with Crippen molar-refractivity contribution in [1.29, 1.82) is 0 Å². The van der Waals surface area contributed by atoms with Gasteiger partial charge < -0.3 is 9.47 Å². The molecule has 192 valence electrons. The molecule has 0 aromatic heterocycles. The maximum atomic E-state index is 12.5. The van der Waals surface area contributed by atoms with Gasteiger partial charge in [-0.1, -0.05) is 56.8 Å². The zero-order valence-electron chi connectivity index (χ0n) is 21.3. The van der Waals surface area contributed by atoms with Gasteiger partial charge in [-0.05, 0) is 57.4 Å². The highest BCUT2D eigenvalue weighted by atomic mass is 32.2. The number of benzene rings is 2. The Bertz CT molecular complexity index is 919. The molecular formula is C28H38O5S2. The van der Waals surface area contributed by atoms with Crippen LogP contribution in [0, 0.1) is 10.8 Å². The Balaban J connectivity index is 1.66. The Morgan fingerprint density at radius 1 is 0.714 bits per heavy atom. The summed E-state index contributed by atoms with van der Waals surface area (Å²) >= 11 is 0. The average molecular weight is 519 g/mol. The molecule has 0 aliphatic carbocycles. The van der Waals surface area contributed by atoms with Crippen molar-refractivity contribution in [3.8, 4) is 11.5 Å². The second kappa shape index (κ2) is 13.7. The van der Waals surface area contributed by atoms with Gasteiger partial charge in [0.25, 0.3) is 0 Å². The van der Waals surface area contributed by atoms with E-state index in [4.69, 9.17) is 9.47 Å². The van der Waals surface area contributed by atoms with Crippen molar-refractivity contribution >= 4 is 27.6 Å². The van der Waals surface area contributed by atoms with Gasteiger partial charge in [0.15, 0.2) is 0 Å². The second-order valence-corrected chi connectivity index (χ2v) is 13.3. The summed E-state index contributed by atoms with van der Waals surface area (Å²) in [6, 6.07) is 18.5. The molecule has 0 spiro atoms. The van der Waals surface area contributed by atoms with Gasteiger partial charge in [0.1, 0.15) is 17.3 Å². The van der Waals surface area contributed by atoms with Crippen molar-refractivity contribution < 1.29 is 22.7 Å². The molecule has 5 nitrogen and oxygen atoms in total. The highest BCUT2D eigenvalue weighted by molar-refractivity contribution is 7.85. The Hall–Kier alpha value is -2.25. The molecule has 0 bridgehead atoms. The molecule has 0 amide bonds. The molecule has 0 heterocycles. The first-order valence-corrected chi connectivity index (χ1v) is 14.9. The van der Waals surface area contributed by atoms with E-state index < -0.39 is 27.0 Å². The van der Waals surface area contributed by atoms with E-state index in [0.717, 1.165) is 5.75 Å². The van der Waals surface area contributed by atoms with Gasteiger partial charge in [-0.3, -0.25) is 13.2 Å². The van der Waals surface area contributed by atoms with Crippen LogP contribution >= 0.6 is 0 Å². The molecule has 0 N–H and O–H groups in total. The summed E-state index contributed by atoms with van der Waals surface area (Å²) in [5, 5.41) is 0. The maximum absolute atomic E-state index is 12.5. The molecule has 2 aromatic rings. The van der Waals surface area contributed by atoms with Gasteiger partial charge in [0.2, 0.25) is 0 Å². The van der Waals surface area contributed by atoms with Gasteiger partial charge in [-0.2, -0.15) is 0 Å². The van der Waals surface area contributed by atoms with Gasteiger partial charge in [-0.15, -0.1) is 0 Å². The van der Waals surface area contributed by atoms with Crippen molar-refractivity contribution in [1.82, 2.24) is 0 Å². The lowest BCUT2D eigenvalue weighted by molar-refractivity contribution is -0.144. The summed E-state index contributed by atoms with van der Waals surface area (Å²) in [6.07, 6.45) is 1.77. The van der Waals surface area contributed by atoms with Crippen LogP contribution in [-0.4, -0.2) is 37.4 Å². The third-order valence-corrected chi connectivity index (χ3v) is 8.71. The first-order valence-electron chi connectivity index (χ1n) is 11.9. The average Bonchev–Trinajstić information content (AvgIpc) is 2.83. The van der Waals surface area contributed by atoms with E-state index in [1.165, 1.54) is 0 Å². The molecule has 0 fully saturated rings. The lowest BCUT2D eigenvalue weighted by Gasteiger charge is -2.26. The topological polar surface area (TPSA) is 69.7 Å². The van der Waals surface area contributed by atoms with Crippen molar-refractivity contribution in [2.24, 2.45) is 10.8 Å². The van der Waals surface area contributed by atoms with Crippen LogP contribution in [-0.2, 0) is 26.4 Å². The molecular weight excluding hydrogens is 480 g/mol. The van der Waals surface area contributed by atoms with Crippen molar-refractivity contribution in [2.75, 3.05) is 23.0 Å². The van der Waals surface area contributed by atoms with Gasteiger partial charge >= 0.3 is 5.97 Å². The number of carbonyl (C=O) groups excluding carboxylic acids is 1. The van der Waals surface area contributed by atoms with E-state index in [9.17, 15) is 13.2 Å². The van der Waals surface area contributed by atoms with Crippen LogP contribution in [0.4, 0.5) is 0 Å². The fourth-order valence-electron chi connectivity index (χ4n) is 3.07.